The van der Waals surface area contributed by atoms with Gasteiger partial charge in [0.05, 0.1) is 12.7 Å². The van der Waals surface area contributed by atoms with Crippen LogP contribution in [0.1, 0.15) is 13.8 Å². The molecule has 0 aliphatic carbocycles. The first-order valence-corrected chi connectivity index (χ1v) is 12.8. The molecule has 6 aromatic heterocycles. The zero-order chi connectivity index (χ0) is 28.1. The minimum absolute atomic E-state index is 0. The van der Waals surface area contributed by atoms with Crippen LogP contribution in [0.5, 0.6) is 0 Å². The zero-order valence-corrected chi connectivity index (χ0v) is 24.6. The second kappa shape index (κ2) is 15.2. The molecule has 18 nitrogen and oxygen atoms in total. The molecule has 0 aliphatic heterocycles. The fraction of sp³-hybridized carbons (Fsp3) is 0.222. The minimum Gasteiger partial charge on any atom is -0.315 e. The molecule has 0 fully saturated rings. The number of hydrogen-bond donors (Lipinski definition) is 0. The maximum absolute atomic E-state index is 8.49. The minimum atomic E-state index is -4.94. The Bertz CT molecular complexity index is 1500. The summed E-state index contributed by atoms with van der Waals surface area (Å²) in [5.41, 5.74) is 5.24. The Morgan fingerprint density at radius 1 is 0.725 bits per heavy atom. The third-order valence-electron chi connectivity index (χ3n) is 4.67. The largest absolute Gasteiger partial charge is 1.00 e. The summed E-state index contributed by atoms with van der Waals surface area (Å²) in [7, 11) is -9.89. The van der Waals surface area contributed by atoms with Crippen LogP contribution in [0.15, 0.2) is 50.1 Å². The normalized spacial score (nSPS) is 11.1. The SMILES string of the molecule is CCn1cnc2c1nc[n+]1cc[n-]c21.CCn1cnc2c1ncn1ccnc21.[Ag+].[Ag+].[O-][Cl+3]([O-])([O-])[O-].[O-][Cl+3]([O-])([O-])[O-]. The molecule has 0 atom stereocenters. The number of nitrogens with zero attached hydrogens (tertiary/aromatic N) is 10. The summed E-state index contributed by atoms with van der Waals surface area (Å²) in [4.78, 5) is 25.8. The molecule has 6 aromatic rings. The van der Waals surface area contributed by atoms with Gasteiger partial charge in [-0.15, -0.1) is 20.5 Å². The quantitative estimate of drug-likeness (QED) is 0.116. The van der Waals surface area contributed by atoms with E-state index in [1.165, 1.54) is 0 Å². The van der Waals surface area contributed by atoms with E-state index >= 15 is 0 Å². The Labute approximate surface area is 259 Å². The summed E-state index contributed by atoms with van der Waals surface area (Å²) < 4.78 is 75.7. The predicted molar refractivity (Wildman–Crippen MR) is 102 cm³/mol. The van der Waals surface area contributed by atoms with Crippen molar-refractivity contribution in [3.8, 4) is 0 Å². The zero-order valence-electron chi connectivity index (χ0n) is 20.1. The van der Waals surface area contributed by atoms with Crippen LogP contribution in [-0.4, -0.2) is 38.5 Å². The fourth-order valence-corrected chi connectivity index (χ4v) is 3.21. The van der Waals surface area contributed by atoms with E-state index in [0.717, 1.165) is 46.7 Å². The van der Waals surface area contributed by atoms with Gasteiger partial charge in [-0.3, -0.25) is 8.80 Å². The summed E-state index contributed by atoms with van der Waals surface area (Å²) >= 11 is 0. The number of hydrogen-bond acceptors (Lipinski definition) is 13. The third kappa shape index (κ3) is 10.1. The van der Waals surface area contributed by atoms with Crippen LogP contribution < -0.4 is 46.7 Å². The van der Waals surface area contributed by atoms with Crippen molar-refractivity contribution in [1.82, 2.24) is 43.4 Å². The van der Waals surface area contributed by atoms with Crippen molar-refractivity contribution in [2.24, 2.45) is 0 Å². The molecule has 0 saturated carbocycles. The molecule has 0 aromatic carbocycles. The van der Waals surface area contributed by atoms with Gasteiger partial charge in [0.1, 0.15) is 12.7 Å². The molecule has 0 N–H and O–H groups in total. The average molecular weight is 789 g/mol. The smallest absolute Gasteiger partial charge is 0.315 e. The fourth-order valence-electron chi connectivity index (χ4n) is 3.21. The molecule has 0 amide bonds. The van der Waals surface area contributed by atoms with Crippen LogP contribution in [0.2, 0.25) is 0 Å². The van der Waals surface area contributed by atoms with E-state index in [9.17, 15) is 0 Å². The maximum atomic E-state index is 8.49. The Morgan fingerprint density at radius 2 is 1.25 bits per heavy atom. The molecule has 224 valence electrons. The third-order valence-corrected chi connectivity index (χ3v) is 4.67. The van der Waals surface area contributed by atoms with Crippen LogP contribution in [0.3, 0.4) is 0 Å². The Kier molecular flexibility index (Phi) is 13.7. The summed E-state index contributed by atoms with van der Waals surface area (Å²) in [6, 6.07) is 0. The first-order chi connectivity index (χ1) is 17.8. The molecule has 6 rings (SSSR count). The molecule has 6 heterocycles. The number of rotatable bonds is 2. The van der Waals surface area contributed by atoms with Gasteiger partial charge in [0, 0.05) is 37.9 Å². The molecule has 0 unspecified atom stereocenters. The number of halogens is 2. The van der Waals surface area contributed by atoms with Gasteiger partial charge >= 0.3 is 44.8 Å². The van der Waals surface area contributed by atoms with E-state index in [4.69, 9.17) is 37.3 Å². The summed E-state index contributed by atoms with van der Waals surface area (Å²) in [6.07, 6.45) is 14.4. The molecular formula is C18H18Ag2Cl2N10O8. The Balaban J connectivity index is 0.000000292. The van der Waals surface area contributed by atoms with E-state index in [1.807, 2.05) is 30.3 Å². The first-order valence-electron chi connectivity index (χ1n) is 10.3. The van der Waals surface area contributed by atoms with Gasteiger partial charge < -0.3 is 9.13 Å². The second-order valence-electron chi connectivity index (χ2n) is 6.97. The average Bonchev–Trinajstić information content (AvgIpc) is 3.61. The van der Waals surface area contributed by atoms with Crippen LogP contribution >= 0.6 is 0 Å². The molecule has 0 spiro atoms. The van der Waals surface area contributed by atoms with Crippen LogP contribution in [0.25, 0.3) is 33.6 Å². The van der Waals surface area contributed by atoms with Crippen molar-refractivity contribution in [3.05, 3.63) is 50.1 Å². The molecule has 40 heavy (non-hydrogen) atoms. The summed E-state index contributed by atoms with van der Waals surface area (Å²) in [5.74, 6) is 0. The van der Waals surface area contributed by atoms with Gasteiger partial charge in [0.25, 0.3) is 0 Å². The number of aromatic nitrogens is 10. The number of fused-ring (bicyclic) bond motifs is 6. The van der Waals surface area contributed by atoms with Gasteiger partial charge in [-0.25, -0.2) is 67.2 Å². The second-order valence-corrected chi connectivity index (χ2v) is 8.48. The maximum Gasteiger partial charge on any atom is 1.00 e. The van der Waals surface area contributed by atoms with Crippen molar-refractivity contribution >= 4 is 33.6 Å². The van der Waals surface area contributed by atoms with E-state index in [0.29, 0.717) is 0 Å². The molecule has 0 bridgehead atoms. The van der Waals surface area contributed by atoms with Crippen molar-refractivity contribution in [3.63, 3.8) is 0 Å². The standard InChI is InChI=1S/2C9H9N5.2Ag.2ClHO4/c2*1-2-13-5-11-7-8-10-3-4-14(8)6-12-9(7)13;;;2*2-1(3,4)5/h2*3-6H,2H2,1H3;;;2*(H,2,3,4,5)/q;;2*+1;;/p-2. The Hall–Kier alpha value is -2.08. The predicted octanol–water partition coefficient (Wildman–Crippen LogP) is -8.27. The van der Waals surface area contributed by atoms with Crippen molar-refractivity contribution < 1.29 is 107 Å². The van der Waals surface area contributed by atoms with Crippen LogP contribution in [0, 0.1) is 20.5 Å². The molecule has 0 saturated heterocycles. The molecule has 0 aliphatic rings. The topological polar surface area (TPSA) is 281 Å². The van der Waals surface area contributed by atoms with Crippen LogP contribution in [0.4, 0.5) is 0 Å². The molecular weight excluding hydrogens is 771 g/mol. The van der Waals surface area contributed by atoms with Gasteiger partial charge in [-0.1, -0.05) is 0 Å². The number of aryl methyl sites for hydroxylation is 2. The number of imidazole rings is 4. The van der Waals surface area contributed by atoms with E-state index < -0.39 is 20.5 Å². The van der Waals surface area contributed by atoms with Gasteiger partial charge in [0.15, 0.2) is 33.6 Å². The monoisotopic (exact) mass is 786 g/mol. The van der Waals surface area contributed by atoms with E-state index in [1.54, 1.807) is 37.7 Å². The van der Waals surface area contributed by atoms with Gasteiger partial charge in [0.2, 0.25) is 0 Å². The van der Waals surface area contributed by atoms with E-state index in [2.05, 4.69) is 43.8 Å². The van der Waals surface area contributed by atoms with Gasteiger partial charge in [-0.2, -0.15) is 0 Å². The molecule has 22 heteroatoms. The van der Waals surface area contributed by atoms with Crippen molar-refractivity contribution in [2.45, 2.75) is 26.9 Å². The first kappa shape index (κ1) is 35.9. The van der Waals surface area contributed by atoms with Crippen LogP contribution in [-0.2, 0) is 57.9 Å². The van der Waals surface area contributed by atoms with Crippen molar-refractivity contribution in [1.29, 1.82) is 0 Å². The van der Waals surface area contributed by atoms with Crippen molar-refractivity contribution in [2.75, 3.05) is 0 Å². The van der Waals surface area contributed by atoms with Gasteiger partial charge in [-0.05, 0) is 13.8 Å². The van der Waals surface area contributed by atoms with E-state index in [-0.39, 0.29) is 44.8 Å². The Morgan fingerprint density at radius 3 is 1.80 bits per heavy atom. The summed E-state index contributed by atoms with van der Waals surface area (Å²) in [5, 5.41) is 0. The summed E-state index contributed by atoms with van der Waals surface area (Å²) in [6.45, 7) is 5.89. The molecule has 0 radical (unpaired) electrons.